The first-order valence-electron chi connectivity index (χ1n) is 11.5. The molecule has 7 nitrogen and oxygen atoms in total. The molecule has 0 aliphatic heterocycles. The highest BCUT2D eigenvalue weighted by atomic mass is 32.2. The predicted molar refractivity (Wildman–Crippen MR) is 135 cm³/mol. The second-order valence-corrected chi connectivity index (χ2v) is 10.5. The Morgan fingerprint density at radius 3 is 2.21 bits per heavy atom. The van der Waals surface area contributed by atoms with Gasteiger partial charge in [-0.05, 0) is 90.5 Å². The van der Waals surface area contributed by atoms with Crippen molar-refractivity contribution in [3.05, 3.63) is 34.9 Å². The van der Waals surface area contributed by atoms with E-state index >= 15 is 0 Å². The summed E-state index contributed by atoms with van der Waals surface area (Å²) in [6.45, 7) is 15.2. The first kappa shape index (κ1) is 28.8. The summed E-state index contributed by atoms with van der Waals surface area (Å²) in [5, 5.41) is 5.68. The van der Waals surface area contributed by atoms with Gasteiger partial charge < -0.3 is 20.3 Å². The van der Waals surface area contributed by atoms with Crippen molar-refractivity contribution in [3.63, 3.8) is 0 Å². The maximum Gasteiger partial charge on any atom is 0.408 e. The third kappa shape index (κ3) is 9.27. The summed E-state index contributed by atoms with van der Waals surface area (Å²) in [5.41, 5.74) is 2.22. The number of thioether (sulfide) groups is 1. The van der Waals surface area contributed by atoms with Crippen LogP contribution in [-0.2, 0) is 14.3 Å². The Labute approximate surface area is 203 Å². The van der Waals surface area contributed by atoms with Crippen LogP contribution < -0.4 is 10.6 Å². The summed E-state index contributed by atoms with van der Waals surface area (Å²) in [5.74, 6) is 0.125. The lowest BCUT2D eigenvalue weighted by Crippen LogP contribution is -2.53. The van der Waals surface area contributed by atoms with Gasteiger partial charge in [-0.2, -0.15) is 11.8 Å². The second-order valence-electron chi connectivity index (χ2n) is 9.51. The molecule has 8 heteroatoms. The minimum absolute atomic E-state index is 0.0764. The number of hydrogen-bond donors (Lipinski definition) is 2. The molecule has 2 N–H and O–H groups in total. The Balaban J connectivity index is 3.35. The van der Waals surface area contributed by atoms with Crippen molar-refractivity contribution < 1.29 is 19.1 Å². The molecule has 33 heavy (non-hydrogen) atoms. The molecule has 0 bridgehead atoms. The van der Waals surface area contributed by atoms with Crippen LogP contribution in [-0.4, -0.2) is 59.0 Å². The highest BCUT2D eigenvalue weighted by Crippen LogP contribution is 2.25. The molecule has 0 aliphatic rings. The van der Waals surface area contributed by atoms with Crippen LogP contribution in [0.3, 0.4) is 0 Å². The van der Waals surface area contributed by atoms with Gasteiger partial charge in [0, 0.05) is 12.6 Å². The third-order valence-electron chi connectivity index (χ3n) is 5.06. The summed E-state index contributed by atoms with van der Waals surface area (Å²) >= 11 is 1.59. The van der Waals surface area contributed by atoms with Crippen molar-refractivity contribution in [1.82, 2.24) is 15.5 Å². The highest BCUT2D eigenvalue weighted by Gasteiger charge is 2.35. The molecule has 0 saturated heterocycles. The molecule has 1 aromatic carbocycles. The lowest BCUT2D eigenvalue weighted by molar-refractivity contribution is -0.142. The van der Waals surface area contributed by atoms with Gasteiger partial charge in [0.2, 0.25) is 11.8 Å². The average Bonchev–Trinajstić information content (AvgIpc) is 2.68. The number of nitrogens with zero attached hydrogens (tertiary/aromatic N) is 1. The van der Waals surface area contributed by atoms with Crippen molar-refractivity contribution >= 4 is 29.7 Å². The summed E-state index contributed by atoms with van der Waals surface area (Å²) in [6.07, 6.45) is 1.73. The van der Waals surface area contributed by atoms with Gasteiger partial charge in [-0.25, -0.2) is 4.79 Å². The zero-order valence-electron chi connectivity index (χ0n) is 21.6. The van der Waals surface area contributed by atoms with E-state index in [-0.39, 0.29) is 17.9 Å². The van der Waals surface area contributed by atoms with Gasteiger partial charge in [0.1, 0.15) is 17.7 Å². The monoisotopic (exact) mass is 479 g/mol. The van der Waals surface area contributed by atoms with Crippen LogP contribution in [0.15, 0.2) is 18.2 Å². The molecular weight excluding hydrogens is 438 g/mol. The largest absolute Gasteiger partial charge is 0.444 e. The zero-order chi connectivity index (χ0) is 25.3. The van der Waals surface area contributed by atoms with Gasteiger partial charge in [0.15, 0.2) is 0 Å². The smallest absolute Gasteiger partial charge is 0.408 e. The number of aryl methyl sites for hydroxylation is 2. The number of nitrogens with one attached hydrogen (secondary N) is 2. The maximum absolute atomic E-state index is 13.7. The molecule has 0 radical (unpaired) electrons. The molecule has 0 aliphatic carbocycles. The molecular formula is C25H41N3O4S. The Morgan fingerprint density at radius 1 is 1.09 bits per heavy atom. The van der Waals surface area contributed by atoms with E-state index in [1.807, 2.05) is 59.1 Å². The lowest BCUT2D eigenvalue weighted by atomic mass is 9.98. The molecule has 0 aromatic heterocycles. The maximum atomic E-state index is 13.7. The first-order chi connectivity index (χ1) is 15.3. The summed E-state index contributed by atoms with van der Waals surface area (Å²) < 4.78 is 5.38. The number of alkyl carbamates (subject to hydrolysis) is 1. The minimum Gasteiger partial charge on any atom is -0.444 e. The highest BCUT2D eigenvalue weighted by molar-refractivity contribution is 7.98. The molecule has 2 atom stereocenters. The van der Waals surface area contributed by atoms with E-state index in [2.05, 4.69) is 10.6 Å². The summed E-state index contributed by atoms with van der Waals surface area (Å²) in [6, 6.07) is 4.12. The fraction of sp³-hybridized carbons (Fsp3) is 0.640. The van der Waals surface area contributed by atoms with Crippen LogP contribution in [0.25, 0.3) is 0 Å². The summed E-state index contributed by atoms with van der Waals surface area (Å²) in [4.78, 5) is 41.0. The van der Waals surface area contributed by atoms with Gasteiger partial charge in [-0.3, -0.25) is 9.59 Å². The molecule has 1 aromatic rings. The topological polar surface area (TPSA) is 87.7 Å². The Bertz CT molecular complexity index is 820. The van der Waals surface area contributed by atoms with E-state index in [1.54, 1.807) is 37.4 Å². The normalized spacial score (nSPS) is 13.3. The van der Waals surface area contributed by atoms with Gasteiger partial charge in [0.25, 0.3) is 0 Å². The van der Waals surface area contributed by atoms with Crippen LogP contribution in [0.1, 0.15) is 70.7 Å². The number of amides is 3. The fourth-order valence-corrected chi connectivity index (χ4v) is 3.85. The van der Waals surface area contributed by atoms with Gasteiger partial charge in [-0.1, -0.05) is 18.2 Å². The summed E-state index contributed by atoms with van der Waals surface area (Å²) in [7, 11) is 0. The third-order valence-corrected chi connectivity index (χ3v) is 5.71. The van der Waals surface area contributed by atoms with E-state index in [4.69, 9.17) is 4.74 Å². The van der Waals surface area contributed by atoms with Crippen molar-refractivity contribution in [2.45, 2.75) is 85.5 Å². The van der Waals surface area contributed by atoms with E-state index < -0.39 is 23.8 Å². The quantitative estimate of drug-likeness (QED) is 0.520. The number of ether oxygens (including phenoxy) is 1. The number of carbonyl (C=O) groups is 3. The van der Waals surface area contributed by atoms with Crippen molar-refractivity contribution in [2.24, 2.45) is 0 Å². The number of rotatable bonds is 10. The average molecular weight is 480 g/mol. The van der Waals surface area contributed by atoms with E-state index in [0.717, 1.165) is 16.7 Å². The Hall–Kier alpha value is -2.22. The van der Waals surface area contributed by atoms with Crippen LogP contribution in [0.2, 0.25) is 0 Å². The van der Waals surface area contributed by atoms with Crippen LogP contribution in [0, 0.1) is 13.8 Å². The second kappa shape index (κ2) is 12.9. The van der Waals surface area contributed by atoms with Gasteiger partial charge in [0.05, 0.1) is 0 Å². The van der Waals surface area contributed by atoms with Gasteiger partial charge >= 0.3 is 6.09 Å². The van der Waals surface area contributed by atoms with Crippen molar-refractivity contribution in [2.75, 3.05) is 18.6 Å². The minimum atomic E-state index is -0.804. The fourth-order valence-electron chi connectivity index (χ4n) is 3.38. The number of carbonyl (C=O) groups excluding carboxylic acids is 3. The Morgan fingerprint density at radius 2 is 1.73 bits per heavy atom. The number of likely N-dealkylation sites (N-methyl/N-ethyl adjacent to an activating group) is 1. The van der Waals surface area contributed by atoms with Crippen LogP contribution in [0.5, 0.6) is 0 Å². The lowest BCUT2D eigenvalue weighted by Gasteiger charge is -2.34. The molecule has 3 amide bonds. The molecule has 1 rings (SSSR count). The predicted octanol–water partition coefficient (Wildman–Crippen LogP) is 4.36. The zero-order valence-corrected chi connectivity index (χ0v) is 22.4. The number of hydrogen-bond acceptors (Lipinski definition) is 5. The molecule has 186 valence electrons. The number of benzene rings is 1. The SMILES string of the molecule is CCN(C(=O)C(CCSC)NC(=O)OC(C)(C)C)C(C(=O)NC(C)C)c1ccc(C)c(C)c1. The van der Waals surface area contributed by atoms with Crippen LogP contribution >= 0.6 is 11.8 Å². The van der Waals surface area contributed by atoms with E-state index in [1.165, 1.54) is 0 Å². The van der Waals surface area contributed by atoms with Crippen molar-refractivity contribution in [3.8, 4) is 0 Å². The van der Waals surface area contributed by atoms with Crippen LogP contribution in [0.4, 0.5) is 4.79 Å². The Kier molecular flexibility index (Phi) is 11.2. The van der Waals surface area contributed by atoms with Crippen molar-refractivity contribution in [1.29, 1.82) is 0 Å². The first-order valence-corrected chi connectivity index (χ1v) is 12.9. The molecule has 0 heterocycles. The molecule has 0 fully saturated rings. The molecule has 0 saturated carbocycles. The molecule has 2 unspecified atom stereocenters. The standard InChI is InChI=1S/C25H41N3O4S/c1-10-28(23(30)20(13-14-33-9)27-24(31)32-25(6,7)8)21(22(29)26-16(2)3)19-12-11-17(4)18(5)15-19/h11-12,15-16,20-21H,10,13-14H2,1-9H3,(H,26,29)(H,27,31). The van der Waals surface area contributed by atoms with E-state index in [0.29, 0.717) is 18.7 Å². The van der Waals surface area contributed by atoms with E-state index in [9.17, 15) is 14.4 Å². The molecule has 0 spiro atoms. The van der Waals surface area contributed by atoms with Gasteiger partial charge in [-0.15, -0.1) is 0 Å².